The van der Waals surface area contributed by atoms with Gasteiger partial charge in [0.25, 0.3) is 5.69 Å². The van der Waals surface area contributed by atoms with Crippen molar-refractivity contribution in [2.24, 2.45) is 0 Å². The molecule has 0 aliphatic heterocycles. The number of ether oxygens (including phenoxy) is 1. The number of hydrogen-bond acceptors (Lipinski definition) is 5. The first-order chi connectivity index (χ1) is 9.43. The van der Waals surface area contributed by atoms with Crippen LogP contribution < -0.4 is 0 Å². The molecule has 0 aliphatic carbocycles. The highest BCUT2D eigenvalue weighted by Crippen LogP contribution is 2.28. The van der Waals surface area contributed by atoms with Crippen LogP contribution >= 0.6 is 15.9 Å². The summed E-state index contributed by atoms with van der Waals surface area (Å²) in [6, 6.07) is 4.66. The van der Waals surface area contributed by atoms with Crippen LogP contribution in [-0.4, -0.2) is 27.6 Å². The summed E-state index contributed by atoms with van der Waals surface area (Å²) < 4.78 is 6.66. The lowest BCUT2D eigenvalue weighted by atomic mass is 10.2. The van der Waals surface area contributed by atoms with Gasteiger partial charge >= 0.3 is 5.97 Å². The van der Waals surface area contributed by atoms with Gasteiger partial charge in [-0.3, -0.25) is 14.7 Å². The second-order valence-electron chi connectivity index (χ2n) is 3.93. The van der Waals surface area contributed by atoms with Crippen molar-refractivity contribution in [3.63, 3.8) is 0 Å². The second kappa shape index (κ2) is 5.41. The molecule has 0 amide bonds. The fourth-order valence-corrected chi connectivity index (χ4v) is 2.12. The number of imidazole rings is 1. The molecular weight excluding hydrogens is 330 g/mol. The zero-order valence-electron chi connectivity index (χ0n) is 10.7. The number of nitrogens with zero attached hydrogens (tertiary/aromatic N) is 3. The molecule has 0 fully saturated rings. The number of rotatable bonds is 3. The van der Waals surface area contributed by atoms with Gasteiger partial charge in [-0.15, -0.1) is 0 Å². The first kappa shape index (κ1) is 14.2. The summed E-state index contributed by atoms with van der Waals surface area (Å²) >= 11 is 3.19. The summed E-state index contributed by atoms with van der Waals surface area (Å²) in [5.74, 6) is -0.137. The lowest BCUT2D eigenvalue weighted by molar-refractivity contribution is -0.384. The first-order valence-corrected chi connectivity index (χ1v) is 6.32. The minimum absolute atomic E-state index is 0.0868. The van der Waals surface area contributed by atoms with E-state index >= 15 is 0 Å². The van der Waals surface area contributed by atoms with Crippen LogP contribution in [0, 0.1) is 17.0 Å². The van der Waals surface area contributed by atoms with Gasteiger partial charge in [-0.1, -0.05) is 15.9 Å². The van der Waals surface area contributed by atoms with Gasteiger partial charge in [0, 0.05) is 16.7 Å². The average Bonchev–Trinajstić information content (AvgIpc) is 2.79. The normalized spacial score (nSPS) is 10.3. The molecule has 8 heteroatoms. The van der Waals surface area contributed by atoms with Gasteiger partial charge in [-0.2, -0.15) is 0 Å². The highest BCUT2D eigenvalue weighted by Gasteiger charge is 2.20. The maximum atomic E-state index is 11.4. The summed E-state index contributed by atoms with van der Waals surface area (Å²) in [6.45, 7) is 1.65. The molecular formula is C12H10BrN3O4. The smallest absolute Gasteiger partial charge is 0.358 e. The van der Waals surface area contributed by atoms with E-state index in [0.29, 0.717) is 16.0 Å². The van der Waals surface area contributed by atoms with Crippen molar-refractivity contribution in [1.29, 1.82) is 0 Å². The van der Waals surface area contributed by atoms with E-state index in [-0.39, 0.29) is 11.4 Å². The second-order valence-corrected chi connectivity index (χ2v) is 4.84. The Morgan fingerprint density at radius 2 is 2.20 bits per heavy atom. The maximum Gasteiger partial charge on any atom is 0.358 e. The molecule has 1 aromatic heterocycles. The van der Waals surface area contributed by atoms with Crippen molar-refractivity contribution in [3.8, 4) is 5.69 Å². The van der Waals surface area contributed by atoms with Crippen LogP contribution in [0.4, 0.5) is 5.69 Å². The molecule has 2 rings (SSSR count). The predicted molar refractivity (Wildman–Crippen MR) is 74.0 cm³/mol. The van der Waals surface area contributed by atoms with Crippen LogP contribution in [0.2, 0.25) is 0 Å². The standard InChI is InChI=1S/C12H10BrN3O4/c1-7-14-9(12(17)20-2)6-15(7)10-4-3-8(13)5-11(10)16(18)19/h3-6H,1-2H3. The van der Waals surface area contributed by atoms with Crippen molar-refractivity contribution >= 4 is 27.6 Å². The van der Waals surface area contributed by atoms with E-state index in [9.17, 15) is 14.9 Å². The molecule has 1 aromatic carbocycles. The Morgan fingerprint density at radius 3 is 2.80 bits per heavy atom. The van der Waals surface area contributed by atoms with Crippen molar-refractivity contribution in [2.75, 3.05) is 7.11 Å². The lowest BCUT2D eigenvalue weighted by Crippen LogP contribution is -2.02. The maximum absolute atomic E-state index is 11.4. The van der Waals surface area contributed by atoms with Gasteiger partial charge in [0.1, 0.15) is 11.5 Å². The van der Waals surface area contributed by atoms with Gasteiger partial charge in [0.05, 0.1) is 12.0 Å². The van der Waals surface area contributed by atoms with E-state index in [0.717, 1.165) is 0 Å². The number of nitro benzene ring substituents is 1. The molecule has 20 heavy (non-hydrogen) atoms. The lowest BCUT2D eigenvalue weighted by Gasteiger charge is -2.05. The summed E-state index contributed by atoms with van der Waals surface area (Å²) in [4.78, 5) is 26.1. The molecule has 104 valence electrons. The molecule has 7 nitrogen and oxygen atoms in total. The third-order valence-corrected chi connectivity index (χ3v) is 3.16. The molecule has 2 aromatic rings. The molecule has 0 saturated heterocycles. The molecule has 0 atom stereocenters. The van der Waals surface area contributed by atoms with E-state index in [1.807, 2.05) is 0 Å². The number of esters is 1. The summed E-state index contributed by atoms with van der Waals surface area (Å²) in [5.41, 5.74) is 0.344. The monoisotopic (exact) mass is 339 g/mol. The first-order valence-electron chi connectivity index (χ1n) is 5.52. The van der Waals surface area contributed by atoms with Crippen molar-refractivity contribution in [1.82, 2.24) is 9.55 Å². The topological polar surface area (TPSA) is 87.3 Å². The fraction of sp³-hybridized carbons (Fsp3) is 0.167. The number of aromatic nitrogens is 2. The number of halogens is 1. The summed E-state index contributed by atoms with van der Waals surface area (Å²) in [5, 5.41) is 11.1. The Bertz CT molecular complexity index is 696. The van der Waals surface area contributed by atoms with E-state index in [2.05, 4.69) is 25.7 Å². The highest BCUT2D eigenvalue weighted by molar-refractivity contribution is 9.10. The van der Waals surface area contributed by atoms with Gasteiger partial charge in [-0.25, -0.2) is 9.78 Å². The Morgan fingerprint density at radius 1 is 1.50 bits per heavy atom. The molecule has 0 N–H and O–H groups in total. The molecule has 1 heterocycles. The Labute approximate surface area is 122 Å². The molecule has 0 aliphatic rings. The Hall–Kier alpha value is -2.22. The number of carbonyl (C=O) groups excluding carboxylic acids is 1. The van der Waals surface area contributed by atoms with Gasteiger partial charge < -0.3 is 4.74 Å². The number of benzene rings is 1. The Kier molecular flexibility index (Phi) is 3.84. The zero-order valence-corrected chi connectivity index (χ0v) is 12.2. The van der Waals surface area contributed by atoms with Gasteiger partial charge in [0.15, 0.2) is 5.69 Å². The van der Waals surface area contributed by atoms with Crippen LogP contribution in [0.5, 0.6) is 0 Å². The summed E-state index contributed by atoms with van der Waals surface area (Å²) in [7, 11) is 1.25. The minimum Gasteiger partial charge on any atom is -0.464 e. The number of nitro groups is 1. The zero-order chi connectivity index (χ0) is 14.9. The quantitative estimate of drug-likeness (QED) is 0.487. The van der Waals surface area contributed by atoms with Crippen LogP contribution in [0.1, 0.15) is 16.3 Å². The number of methoxy groups -OCH3 is 1. The Balaban J connectivity index is 2.60. The van der Waals surface area contributed by atoms with Crippen LogP contribution in [0.3, 0.4) is 0 Å². The predicted octanol–water partition coefficient (Wildman–Crippen LogP) is 2.64. The molecule has 0 bridgehead atoms. The SMILES string of the molecule is COC(=O)c1cn(-c2ccc(Br)cc2[N+](=O)[O-])c(C)n1. The molecule has 0 spiro atoms. The van der Waals surface area contributed by atoms with E-state index in [1.165, 1.54) is 23.9 Å². The third-order valence-electron chi connectivity index (χ3n) is 2.67. The van der Waals surface area contributed by atoms with Crippen molar-refractivity contribution in [2.45, 2.75) is 6.92 Å². The summed E-state index contributed by atoms with van der Waals surface area (Å²) in [6.07, 6.45) is 1.41. The minimum atomic E-state index is -0.591. The largest absolute Gasteiger partial charge is 0.464 e. The molecule has 0 saturated carbocycles. The van der Waals surface area contributed by atoms with Crippen LogP contribution in [-0.2, 0) is 4.74 Å². The third kappa shape index (κ3) is 2.55. The van der Waals surface area contributed by atoms with Gasteiger partial charge in [-0.05, 0) is 19.1 Å². The van der Waals surface area contributed by atoms with E-state index in [1.54, 1.807) is 19.1 Å². The van der Waals surface area contributed by atoms with Gasteiger partial charge in [0.2, 0.25) is 0 Å². The number of carbonyl (C=O) groups is 1. The number of aryl methyl sites for hydroxylation is 1. The van der Waals surface area contributed by atoms with Crippen LogP contribution in [0.25, 0.3) is 5.69 Å². The van der Waals surface area contributed by atoms with Crippen LogP contribution in [0.15, 0.2) is 28.9 Å². The fourth-order valence-electron chi connectivity index (χ4n) is 1.77. The average molecular weight is 340 g/mol. The molecule has 0 unspecified atom stereocenters. The van der Waals surface area contributed by atoms with Crippen molar-refractivity contribution in [3.05, 3.63) is 50.5 Å². The van der Waals surface area contributed by atoms with E-state index < -0.39 is 10.9 Å². The highest BCUT2D eigenvalue weighted by atomic mass is 79.9. The van der Waals surface area contributed by atoms with Crippen molar-refractivity contribution < 1.29 is 14.5 Å². The van der Waals surface area contributed by atoms with E-state index in [4.69, 9.17) is 0 Å². The molecule has 0 radical (unpaired) electrons. The number of hydrogen-bond donors (Lipinski definition) is 0.